The van der Waals surface area contributed by atoms with Crippen molar-refractivity contribution in [3.63, 3.8) is 0 Å². The van der Waals surface area contributed by atoms with Gasteiger partial charge in [-0.15, -0.1) is 0 Å². The zero-order valence-electron chi connectivity index (χ0n) is 10.1. The number of nitrogens with one attached hydrogen (secondary N) is 1. The van der Waals surface area contributed by atoms with E-state index < -0.39 is 29.6 Å². The second-order valence-electron chi connectivity index (χ2n) is 4.45. The normalized spacial score (nSPS) is 15.0. The van der Waals surface area contributed by atoms with Crippen molar-refractivity contribution in [3.05, 3.63) is 29.3 Å². The Morgan fingerprint density at radius 1 is 1.32 bits per heavy atom. The molecule has 5 nitrogen and oxygen atoms in total. The van der Waals surface area contributed by atoms with Crippen LogP contribution in [0.3, 0.4) is 0 Å². The van der Waals surface area contributed by atoms with Crippen LogP contribution in [0.4, 0.5) is 19.3 Å². The molecule has 1 aliphatic heterocycles. The van der Waals surface area contributed by atoms with E-state index in [0.717, 1.165) is 12.1 Å². The zero-order valence-corrected chi connectivity index (χ0v) is 10.1. The number of carboxylic acid groups (broad SMARTS) is 1. The Balaban J connectivity index is 2.01. The van der Waals surface area contributed by atoms with Crippen molar-refractivity contribution in [1.82, 2.24) is 4.90 Å². The minimum Gasteiger partial charge on any atom is -0.481 e. The van der Waals surface area contributed by atoms with Gasteiger partial charge in [0.25, 0.3) is 0 Å². The summed E-state index contributed by atoms with van der Waals surface area (Å²) in [5.74, 6) is -2.92. The summed E-state index contributed by atoms with van der Waals surface area (Å²) in [5, 5.41) is 10.9. The highest BCUT2D eigenvalue weighted by Gasteiger charge is 2.35. The summed E-state index contributed by atoms with van der Waals surface area (Å²) in [6, 6.07) is 1.25. The van der Waals surface area contributed by atoms with Gasteiger partial charge >= 0.3 is 12.0 Å². The molecule has 1 saturated heterocycles. The van der Waals surface area contributed by atoms with Crippen LogP contribution >= 0.6 is 0 Å². The molecule has 1 aromatic carbocycles. The van der Waals surface area contributed by atoms with Crippen LogP contribution in [0.15, 0.2) is 12.1 Å². The number of hydrogen-bond acceptors (Lipinski definition) is 2. The smallest absolute Gasteiger partial charge is 0.321 e. The molecule has 7 heteroatoms. The highest BCUT2D eigenvalue weighted by atomic mass is 19.1. The van der Waals surface area contributed by atoms with Gasteiger partial charge in [-0.1, -0.05) is 0 Å². The number of rotatable bonds is 2. The van der Waals surface area contributed by atoms with Gasteiger partial charge in [0.05, 0.1) is 11.6 Å². The molecule has 102 valence electrons. The van der Waals surface area contributed by atoms with Crippen LogP contribution in [0.25, 0.3) is 0 Å². The highest BCUT2D eigenvalue weighted by molar-refractivity contribution is 5.91. The first-order valence-electron chi connectivity index (χ1n) is 5.63. The van der Waals surface area contributed by atoms with Gasteiger partial charge in [-0.2, -0.15) is 0 Å². The summed E-state index contributed by atoms with van der Waals surface area (Å²) >= 11 is 0. The molecule has 1 fully saturated rings. The van der Waals surface area contributed by atoms with Crippen LogP contribution in [0.5, 0.6) is 0 Å². The molecule has 1 heterocycles. The predicted molar refractivity (Wildman–Crippen MR) is 62.8 cm³/mol. The van der Waals surface area contributed by atoms with E-state index in [0.29, 0.717) is 0 Å². The molecule has 2 N–H and O–H groups in total. The van der Waals surface area contributed by atoms with Gasteiger partial charge < -0.3 is 15.3 Å². The first kappa shape index (κ1) is 13.3. The maximum atomic E-state index is 13.5. The third kappa shape index (κ3) is 2.64. The van der Waals surface area contributed by atoms with Crippen molar-refractivity contribution in [3.8, 4) is 0 Å². The van der Waals surface area contributed by atoms with Gasteiger partial charge in [-0.05, 0) is 18.6 Å². The van der Waals surface area contributed by atoms with E-state index in [1.165, 1.54) is 11.8 Å². The first-order valence-corrected chi connectivity index (χ1v) is 5.63. The van der Waals surface area contributed by atoms with Crippen LogP contribution in [0.1, 0.15) is 5.56 Å². The van der Waals surface area contributed by atoms with Crippen molar-refractivity contribution >= 4 is 17.7 Å². The van der Waals surface area contributed by atoms with Gasteiger partial charge in [0.2, 0.25) is 0 Å². The van der Waals surface area contributed by atoms with E-state index in [1.54, 1.807) is 0 Å². The fourth-order valence-electron chi connectivity index (χ4n) is 1.74. The molecule has 0 radical (unpaired) electrons. The SMILES string of the molecule is Cc1cc(F)c(NC(=O)N2CC(C(=O)O)C2)cc1F. The number of halogens is 2. The molecule has 19 heavy (non-hydrogen) atoms. The van der Waals surface area contributed by atoms with E-state index >= 15 is 0 Å². The number of carboxylic acids is 1. The van der Waals surface area contributed by atoms with Crippen molar-refractivity contribution in [2.75, 3.05) is 18.4 Å². The fourth-order valence-corrected chi connectivity index (χ4v) is 1.74. The number of anilines is 1. The Hall–Kier alpha value is -2.18. The minimum atomic E-state index is -0.975. The zero-order chi connectivity index (χ0) is 14.2. The number of carbonyl (C=O) groups excluding carboxylic acids is 1. The topological polar surface area (TPSA) is 69.6 Å². The summed E-state index contributed by atoms with van der Waals surface area (Å²) in [6.45, 7) is 1.55. The van der Waals surface area contributed by atoms with Crippen molar-refractivity contribution in [1.29, 1.82) is 0 Å². The molecule has 0 aromatic heterocycles. The second kappa shape index (κ2) is 4.83. The van der Waals surface area contributed by atoms with E-state index in [2.05, 4.69) is 5.32 Å². The molecular weight excluding hydrogens is 258 g/mol. The number of nitrogens with zero attached hydrogens (tertiary/aromatic N) is 1. The quantitative estimate of drug-likeness (QED) is 0.861. The van der Waals surface area contributed by atoms with E-state index in [4.69, 9.17) is 5.11 Å². The molecule has 1 aromatic rings. The molecule has 0 unspecified atom stereocenters. The van der Waals surface area contributed by atoms with Crippen molar-refractivity contribution < 1.29 is 23.5 Å². The number of aliphatic carboxylic acids is 1. The van der Waals surface area contributed by atoms with Crippen LogP contribution in [-0.2, 0) is 4.79 Å². The average Bonchev–Trinajstić information content (AvgIpc) is 2.23. The molecule has 0 bridgehead atoms. The third-order valence-corrected chi connectivity index (χ3v) is 3.01. The Labute approximate surface area is 107 Å². The molecular formula is C12H12F2N2O3. The summed E-state index contributed by atoms with van der Waals surface area (Å²) in [4.78, 5) is 23.4. The number of benzene rings is 1. The summed E-state index contributed by atoms with van der Waals surface area (Å²) < 4.78 is 26.8. The largest absolute Gasteiger partial charge is 0.481 e. The number of likely N-dealkylation sites (tertiary alicyclic amines) is 1. The van der Waals surface area contributed by atoms with E-state index in [9.17, 15) is 18.4 Å². The maximum Gasteiger partial charge on any atom is 0.321 e. The Bertz CT molecular complexity index is 542. The average molecular weight is 270 g/mol. The van der Waals surface area contributed by atoms with Crippen LogP contribution in [0.2, 0.25) is 0 Å². The van der Waals surface area contributed by atoms with Gasteiger partial charge in [0, 0.05) is 19.2 Å². The molecule has 0 spiro atoms. The minimum absolute atomic E-state index is 0.0666. The lowest BCUT2D eigenvalue weighted by Gasteiger charge is -2.36. The summed E-state index contributed by atoms with van der Waals surface area (Å²) in [7, 11) is 0. The molecule has 2 rings (SSSR count). The van der Waals surface area contributed by atoms with Crippen molar-refractivity contribution in [2.24, 2.45) is 5.92 Å². The monoisotopic (exact) mass is 270 g/mol. The second-order valence-corrected chi connectivity index (χ2v) is 4.45. The molecule has 2 amide bonds. The van der Waals surface area contributed by atoms with E-state index in [-0.39, 0.29) is 24.3 Å². The van der Waals surface area contributed by atoms with Gasteiger partial charge in [0.15, 0.2) is 0 Å². The number of hydrogen-bond donors (Lipinski definition) is 2. The van der Waals surface area contributed by atoms with Gasteiger partial charge in [-0.25, -0.2) is 13.6 Å². The molecule has 0 atom stereocenters. The molecule has 1 aliphatic rings. The Kier molecular flexibility index (Phi) is 3.37. The van der Waals surface area contributed by atoms with Crippen LogP contribution in [0, 0.1) is 24.5 Å². The van der Waals surface area contributed by atoms with Crippen molar-refractivity contribution in [2.45, 2.75) is 6.92 Å². The van der Waals surface area contributed by atoms with Gasteiger partial charge in [-0.3, -0.25) is 4.79 Å². The number of urea groups is 1. The summed E-state index contributed by atoms with van der Waals surface area (Å²) in [5.41, 5.74) is -0.114. The lowest BCUT2D eigenvalue weighted by atomic mass is 10.0. The molecule has 0 saturated carbocycles. The first-order chi connectivity index (χ1) is 8.88. The maximum absolute atomic E-state index is 13.5. The Morgan fingerprint density at radius 2 is 1.95 bits per heavy atom. The van der Waals surface area contributed by atoms with E-state index in [1.807, 2.05) is 0 Å². The number of amides is 2. The lowest BCUT2D eigenvalue weighted by molar-refractivity contribution is -0.145. The fraction of sp³-hybridized carbons (Fsp3) is 0.333. The number of carbonyl (C=O) groups is 2. The predicted octanol–water partition coefficient (Wildman–Crippen LogP) is 1.82. The van der Waals surface area contributed by atoms with Crippen LogP contribution in [-0.4, -0.2) is 35.1 Å². The standard InChI is InChI=1S/C12H12F2N2O3/c1-6-2-9(14)10(3-8(6)13)15-12(19)16-4-7(5-16)11(17)18/h2-3,7H,4-5H2,1H3,(H,15,19)(H,17,18). The highest BCUT2D eigenvalue weighted by Crippen LogP contribution is 2.21. The number of aryl methyl sites for hydroxylation is 1. The Morgan fingerprint density at radius 3 is 2.53 bits per heavy atom. The summed E-state index contributed by atoms with van der Waals surface area (Å²) in [6.07, 6.45) is 0. The molecule has 0 aliphatic carbocycles. The lowest BCUT2D eigenvalue weighted by Crippen LogP contribution is -2.54. The third-order valence-electron chi connectivity index (χ3n) is 3.01. The van der Waals surface area contributed by atoms with Crippen LogP contribution < -0.4 is 5.32 Å². The van der Waals surface area contributed by atoms with Gasteiger partial charge in [0.1, 0.15) is 11.6 Å².